The minimum atomic E-state index is -0.671. The number of halogens is 1. The van der Waals surface area contributed by atoms with Crippen molar-refractivity contribution in [1.29, 1.82) is 0 Å². The molecule has 0 radical (unpaired) electrons. The molecule has 1 aromatic carbocycles. The van der Waals surface area contributed by atoms with Crippen molar-refractivity contribution in [3.63, 3.8) is 0 Å². The summed E-state index contributed by atoms with van der Waals surface area (Å²) < 4.78 is 1.07. The van der Waals surface area contributed by atoms with E-state index in [4.69, 9.17) is 5.73 Å². The van der Waals surface area contributed by atoms with Gasteiger partial charge in [0.05, 0.1) is 6.54 Å². The second-order valence-electron chi connectivity index (χ2n) is 5.36. The molecule has 1 aliphatic rings. The Labute approximate surface area is 138 Å². The smallest absolute Gasteiger partial charge is 0.312 e. The number of hydrogen-bond donors (Lipinski definition) is 2. The third kappa shape index (κ3) is 4.45. The number of carbonyl (C=O) groups excluding carboxylic acids is 2. The maximum absolute atomic E-state index is 11.9. The Morgan fingerprint density at radius 2 is 1.82 bits per heavy atom. The highest BCUT2D eigenvalue weighted by Crippen LogP contribution is 2.23. The van der Waals surface area contributed by atoms with Crippen molar-refractivity contribution in [3.8, 4) is 0 Å². The molecule has 1 heterocycles. The van der Waals surface area contributed by atoms with E-state index in [1.54, 1.807) is 4.90 Å². The van der Waals surface area contributed by atoms with Crippen molar-refractivity contribution >= 4 is 27.9 Å². The lowest BCUT2D eigenvalue weighted by molar-refractivity contribution is -0.132. The molecular weight excluding hydrogens is 348 g/mol. The van der Waals surface area contributed by atoms with Crippen molar-refractivity contribution < 1.29 is 9.59 Å². The predicted molar refractivity (Wildman–Crippen MR) is 88.3 cm³/mol. The van der Waals surface area contributed by atoms with Crippen LogP contribution in [0.15, 0.2) is 28.7 Å². The highest BCUT2D eigenvalue weighted by atomic mass is 79.9. The zero-order chi connectivity index (χ0) is 16.1. The average Bonchev–Trinajstić information content (AvgIpc) is 2.53. The van der Waals surface area contributed by atoms with Gasteiger partial charge in [-0.3, -0.25) is 9.69 Å². The number of hydrogen-bond acceptors (Lipinski definition) is 3. The molecule has 22 heavy (non-hydrogen) atoms. The van der Waals surface area contributed by atoms with Crippen LogP contribution >= 0.6 is 15.9 Å². The fourth-order valence-electron chi connectivity index (χ4n) is 2.59. The van der Waals surface area contributed by atoms with Gasteiger partial charge in [0.1, 0.15) is 0 Å². The number of rotatable bonds is 4. The summed E-state index contributed by atoms with van der Waals surface area (Å²) in [5, 5.41) is 2.34. The number of amides is 3. The molecule has 2 rings (SSSR count). The topological polar surface area (TPSA) is 78.7 Å². The molecule has 3 N–H and O–H groups in total. The van der Waals surface area contributed by atoms with Crippen LogP contribution in [0.4, 0.5) is 4.79 Å². The molecule has 1 saturated heterocycles. The number of urea groups is 1. The Hall–Kier alpha value is -1.60. The van der Waals surface area contributed by atoms with Crippen LogP contribution in [0.3, 0.4) is 0 Å². The molecule has 1 atom stereocenters. The van der Waals surface area contributed by atoms with E-state index in [2.05, 4.69) is 45.2 Å². The molecule has 1 unspecified atom stereocenters. The number of nitrogens with zero attached hydrogens (tertiary/aromatic N) is 2. The molecule has 6 nitrogen and oxygen atoms in total. The minimum Gasteiger partial charge on any atom is -0.352 e. The van der Waals surface area contributed by atoms with Crippen LogP contribution in [0.25, 0.3) is 0 Å². The fraction of sp³-hybridized carbons (Fsp3) is 0.467. The summed E-state index contributed by atoms with van der Waals surface area (Å²) in [5.74, 6) is -0.0882. The molecule has 0 aliphatic carbocycles. The van der Waals surface area contributed by atoms with Gasteiger partial charge in [-0.2, -0.15) is 0 Å². The Balaban J connectivity index is 1.85. The van der Waals surface area contributed by atoms with Gasteiger partial charge in [-0.25, -0.2) is 4.79 Å². The van der Waals surface area contributed by atoms with Gasteiger partial charge in [0.15, 0.2) is 0 Å². The average molecular weight is 369 g/mol. The first-order chi connectivity index (χ1) is 10.5. The quantitative estimate of drug-likeness (QED) is 0.840. The van der Waals surface area contributed by atoms with Gasteiger partial charge in [0.2, 0.25) is 5.91 Å². The van der Waals surface area contributed by atoms with Crippen LogP contribution in [0.1, 0.15) is 18.5 Å². The lowest BCUT2D eigenvalue weighted by atomic mass is 10.1. The molecule has 0 spiro atoms. The van der Waals surface area contributed by atoms with Gasteiger partial charge >= 0.3 is 6.03 Å². The lowest BCUT2D eigenvalue weighted by Crippen LogP contribution is -2.51. The largest absolute Gasteiger partial charge is 0.352 e. The van der Waals surface area contributed by atoms with Crippen molar-refractivity contribution in [1.82, 2.24) is 15.1 Å². The molecule has 1 fully saturated rings. The Morgan fingerprint density at radius 3 is 2.36 bits per heavy atom. The van der Waals surface area contributed by atoms with Crippen LogP contribution in [0.5, 0.6) is 0 Å². The monoisotopic (exact) mass is 368 g/mol. The van der Waals surface area contributed by atoms with E-state index in [0.717, 1.165) is 17.6 Å². The zero-order valence-electron chi connectivity index (χ0n) is 12.6. The van der Waals surface area contributed by atoms with Gasteiger partial charge in [0, 0.05) is 36.7 Å². The maximum Gasteiger partial charge on any atom is 0.312 e. The third-order valence-electron chi connectivity index (χ3n) is 3.98. The molecule has 1 aromatic rings. The van der Waals surface area contributed by atoms with Gasteiger partial charge < -0.3 is 16.0 Å². The van der Waals surface area contributed by atoms with Gasteiger partial charge in [-0.1, -0.05) is 28.1 Å². The van der Waals surface area contributed by atoms with Crippen molar-refractivity contribution in [2.75, 3.05) is 32.7 Å². The van der Waals surface area contributed by atoms with Crippen LogP contribution < -0.4 is 11.1 Å². The first-order valence-corrected chi connectivity index (χ1v) is 8.07. The molecular formula is C15H21BrN4O2. The SMILES string of the molecule is CC(c1ccc(Br)cc1)N1CCN(C(=O)CNC(N)=O)CC1. The van der Waals surface area contributed by atoms with E-state index in [-0.39, 0.29) is 12.5 Å². The molecule has 0 aromatic heterocycles. The fourth-order valence-corrected chi connectivity index (χ4v) is 2.85. The highest BCUT2D eigenvalue weighted by molar-refractivity contribution is 9.10. The summed E-state index contributed by atoms with van der Waals surface area (Å²) in [7, 11) is 0. The molecule has 3 amide bonds. The molecule has 7 heteroatoms. The number of primary amides is 1. The molecule has 120 valence electrons. The lowest BCUT2D eigenvalue weighted by Gasteiger charge is -2.38. The summed E-state index contributed by atoms with van der Waals surface area (Å²) in [5.41, 5.74) is 6.24. The van der Waals surface area contributed by atoms with Gasteiger partial charge in [-0.05, 0) is 24.6 Å². The van der Waals surface area contributed by atoms with Crippen molar-refractivity contribution in [3.05, 3.63) is 34.3 Å². The number of carbonyl (C=O) groups is 2. The van der Waals surface area contributed by atoms with Gasteiger partial charge in [0.25, 0.3) is 0 Å². The molecule has 0 bridgehead atoms. The second-order valence-corrected chi connectivity index (χ2v) is 6.28. The van der Waals surface area contributed by atoms with E-state index in [9.17, 15) is 9.59 Å². The first-order valence-electron chi connectivity index (χ1n) is 7.28. The normalized spacial score (nSPS) is 17.1. The summed E-state index contributed by atoms with van der Waals surface area (Å²) in [4.78, 5) is 26.7. The second kappa shape index (κ2) is 7.60. The van der Waals surface area contributed by atoms with E-state index in [1.165, 1.54) is 5.56 Å². The molecule has 0 saturated carbocycles. The van der Waals surface area contributed by atoms with E-state index < -0.39 is 6.03 Å². The van der Waals surface area contributed by atoms with Gasteiger partial charge in [-0.15, -0.1) is 0 Å². The predicted octanol–water partition coefficient (Wildman–Crippen LogP) is 1.32. The summed E-state index contributed by atoms with van der Waals surface area (Å²) in [6, 6.07) is 7.96. The van der Waals surface area contributed by atoms with Crippen LogP contribution in [-0.4, -0.2) is 54.5 Å². The van der Waals surface area contributed by atoms with E-state index >= 15 is 0 Å². The van der Waals surface area contributed by atoms with Crippen molar-refractivity contribution in [2.45, 2.75) is 13.0 Å². The van der Waals surface area contributed by atoms with Crippen LogP contribution in [-0.2, 0) is 4.79 Å². The zero-order valence-corrected chi connectivity index (χ0v) is 14.2. The highest BCUT2D eigenvalue weighted by Gasteiger charge is 2.24. The first kappa shape index (κ1) is 16.8. The summed E-state index contributed by atoms with van der Waals surface area (Å²) >= 11 is 3.44. The van der Waals surface area contributed by atoms with E-state index in [0.29, 0.717) is 19.1 Å². The number of nitrogens with one attached hydrogen (secondary N) is 1. The Bertz CT molecular complexity index is 527. The number of piperazine rings is 1. The maximum atomic E-state index is 11.9. The Morgan fingerprint density at radius 1 is 1.23 bits per heavy atom. The van der Waals surface area contributed by atoms with Crippen LogP contribution in [0.2, 0.25) is 0 Å². The number of benzene rings is 1. The standard InChI is InChI=1S/C15H21BrN4O2/c1-11(12-2-4-13(16)5-3-12)19-6-8-20(9-7-19)14(21)10-18-15(17)22/h2-5,11H,6-10H2,1H3,(H3,17,18,22). The summed E-state index contributed by atoms with van der Waals surface area (Å²) in [6.45, 7) is 5.12. The Kier molecular flexibility index (Phi) is 5.79. The number of nitrogens with two attached hydrogens (primary N) is 1. The third-order valence-corrected chi connectivity index (χ3v) is 4.51. The van der Waals surface area contributed by atoms with E-state index in [1.807, 2.05) is 12.1 Å². The summed E-state index contributed by atoms with van der Waals surface area (Å²) in [6.07, 6.45) is 0. The minimum absolute atomic E-state index is 0.0302. The van der Waals surface area contributed by atoms with Crippen molar-refractivity contribution in [2.24, 2.45) is 5.73 Å². The molecule has 1 aliphatic heterocycles. The van der Waals surface area contributed by atoms with Crippen LogP contribution in [0, 0.1) is 0 Å².